The maximum absolute atomic E-state index is 13.1. The number of benzene rings is 1. The summed E-state index contributed by atoms with van der Waals surface area (Å²) in [5.41, 5.74) is 2.44. The van der Waals surface area contributed by atoms with Crippen molar-refractivity contribution in [3.63, 3.8) is 0 Å². The van der Waals surface area contributed by atoms with Crippen LogP contribution in [-0.4, -0.2) is 46.3 Å². The second-order valence-electron chi connectivity index (χ2n) is 6.45. The molecular weight excluding hydrogens is 330 g/mol. The fourth-order valence-electron chi connectivity index (χ4n) is 3.47. The van der Waals surface area contributed by atoms with Crippen molar-refractivity contribution >= 4 is 11.9 Å². The molecule has 0 spiro atoms. The third kappa shape index (κ3) is 3.64. The van der Waals surface area contributed by atoms with Gasteiger partial charge in [-0.15, -0.1) is 0 Å². The highest BCUT2D eigenvalue weighted by Crippen LogP contribution is 2.22. The smallest absolute Gasteiger partial charge is 0.310 e. The van der Waals surface area contributed by atoms with Crippen LogP contribution in [0.25, 0.3) is 5.69 Å². The molecule has 26 heavy (non-hydrogen) atoms. The van der Waals surface area contributed by atoms with E-state index in [1.807, 2.05) is 41.9 Å². The second kappa shape index (κ2) is 8.17. The summed E-state index contributed by atoms with van der Waals surface area (Å²) >= 11 is 0. The Balaban J connectivity index is 1.82. The van der Waals surface area contributed by atoms with Gasteiger partial charge < -0.3 is 9.64 Å². The van der Waals surface area contributed by atoms with Crippen LogP contribution in [0.1, 0.15) is 42.7 Å². The Bertz CT molecular complexity index is 770. The standard InChI is InChI=1S/C20H25N3O3/c1-3-18-17(13-21-23(18)16-10-6-5-7-11-16)19(24)22-12-8-9-15(14-22)20(25)26-4-2/h5-7,10-11,13,15H,3-4,8-9,12,14H2,1-2H3/t15-/m1/s1. The summed E-state index contributed by atoms with van der Waals surface area (Å²) in [6, 6.07) is 9.79. The zero-order valence-electron chi connectivity index (χ0n) is 15.4. The van der Waals surface area contributed by atoms with Gasteiger partial charge in [0.15, 0.2) is 0 Å². The Labute approximate surface area is 153 Å². The van der Waals surface area contributed by atoms with Crippen LogP contribution in [0.2, 0.25) is 0 Å². The van der Waals surface area contributed by atoms with Crippen LogP contribution in [0.15, 0.2) is 36.5 Å². The number of amides is 1. The molecule has 0 unspecified atom stereocenters. The van der Waals surface area contributed by atoms with E-state index < -0.39 is 0 Å². The average Bonchev–Trinajstić information content (AvgIpc) is 3.12. The van der Waals surface area contributed by atoms with Crippen molar-refractivity contribution in [2.45, 2.75) is 33.1 Å². The average molecular weight is 355 g/mol. The van der Waals surface area contributed by atoms with Crippen LogP contribution >= 0.6 is 0 Å². The van der Waals surface area contributed by atoms with Gasteiger partial charge in [0.2, 0.25) is 0 Å². The van der Waals surface area contributed by atoms with E-state index in [9.17, 15) is 9.59 Å². The van der Waals surface area contributed by atoms with Crippen molar-refractivity contribution in [2.24, 2.45) is 5.92 Å². The zero-order chi connectivity index (χ0) is 18.5. The quantitative estimate of drug-likeness (QED) is 0.774. The van der Waals surface area contributed by atoms with E-state index in [0.717, 1.165) is 24.2 Å². The van der Waals surface area contributed by atoms with E-state index >= 15 is 0 Å². The SMILES string of the molecule is CCOC(=O)[C@@H]1CCCN(C(=O)c2cnn(-c3ccccc3)c2CC)C1. The number of rotatable bonds is 5. The predicted molar refractivity (Wildman–Crippen MR) is 98.2 cm³/mol. The molecule has 0 aliphatic carbocycles. The van der Waals surface area contributed by atoms with Crippen LogP contribution in [0.5, 0.6) is 0 Å². The molecule has 6 nitrogen and oxygen atoms in total. The number of nitrogens with zero attached hydrogens (tertiary/aromatic N) is 3. The Hall–Kier alpha value is -2.63. The van der Waals surface area contributed by atoms with Crippen LogP contribution in [0, 0.1) is 5.92 Å². The van der Waals surface area contributed by atoms with E-state index in [1.165, 1.54) is 0 Å². The minimum absolute atomic E-state index is 0.0574. The highest BCUT2D eigenvalue weighted by molar-refractivity contribution is 5.95. The second-order valence-corrected chi connectivity index (χ2v) is 6.45. The lowest BCUT2D eigenvalue weighted by molar-refractivity contribution is -0.149. The molecule has 0 saturated carbocycles. The number of ether oxygens (including phenoxy) is 1. The summed E-state index contributed by atoms with van der Waals surface area (Å²) in [4.78, 5) is 26.9. The van der Waals surface area contributed by atoms with Gasteiger partial charge in [-0.3, -0.25) is 9.59 Å². The van der Waals surface area contributed by atoms with E-state index in [1.54, 1.807) is 18.0 Å². The maximum atomic E-state index is 13.1. The van der Waals surface area contributed by atoms with Gasteiger partial charge >= 0.3 is 5.97 Å². The van der Waals surface area contributed by atoms with Crippen molar-refractivity contribution in [2.75, 3.05) is 19.7 Å². The fraction of sp³-hybridized carbons (Fsp3) is 0.450. The number of carbonyl (C=O) groups excluding carboxylic acids is 2. The molecule has 0 bridgehead atoms. The summed E-state index contributed by atoms with van der Waals surface area (Å²) < 4.78 is 6.95. The number of para-hydroxylation sites is 1. The highest BCUT2D eigenvalue weighted by atomic mass is 16.5. The first-order valence-electron chi connectivity index (χ1n) is 9.23. The summed E-state index contributed by atoms with van der Waals surface area (Å²) in [6.45, 7) is 5.26. The number of likely N-dealkylation sites (tertiary alicyclic amines) is 1. The van der Waals surface area contributed by atoms with Gasteiger partial charge in [0.25, 0.3) is 5.91 Å². The number of hydrogen-bond donors (Lipinski definition) is 0. The monoisotopic (exact) mass is 355 g/mol. The van der Waals surface area contributed by atoms with Crippen LogP contribution in [0.4, 0.5) is 0 Å². The minimum atomic E-state index is -0.234. The number of hydrogen-bond acceptors (Lipinski definition) is 4. The lowest BCUT2D eigenvalue weighted by Gasteiger charge is -2.31. The Morgan fingerprint density at radius 2 is 2.00 bits per heavy atom. The number of carbonyl (C=O) groups is 2. The molecule has 6 heteroatoms. The summed E-state index contributed by atoms with van der Waals surface area (Å²) in [5, 5.41) is 4.43. The molecule has 1 aliphatic heterocycles. The molecule has 1 saturated heterocycles. The molecule has 138 valence electrons. The molecule has 1 aromatic heterocycles. The highest BCUT2D eigenvalue weighted by Gasteiger charge is 2.31. The van der Waals surface area contributed by atoms with E-state index in [4.69, 9.17) is 4.74 Å². The van der Waals surface area contributed by atoms with Crippen LogP contribution < -0.4 is 0 Å². The molecule has 1 aliphatic rings. The van der Waals surface area contributed by atoms with Crippen molar-refractivity contribution in [1.29, 1.82) is 0 Å². The largest absolute Gasteiger partial charge is 0.466 e. The van der Waals surface area contributed by atoms with Gasteiger partial charge in [-0.25, -0.2) is 4.68 Å². The Morgan fingerprint density at radius 3 is 2.69 bits per heavy atom. The first-order valence-corrected chi connectivity index (χ1v) is 9.23. The topological polar surface area (TPSA) is 64.4 Å². The number of esters is 1. The number of aromatic nitrogens is 2. The van der Waals surface area contributed by atoms with Crippen LogP contribution in [-0.2, 0) is 16.0 Å². The molecule has 0 N–H and O–H groups in total. The summed E-state index contributed by atoms with van der Waals surface area (Å²) in [7, 11) is 0. The molecular formula is C20H25N3O3. The van der Waals surface area contributed by atoms with Crippen molar-refractivity contribution in [3.05, 3.63) is 47.8 Å². The van der Waals surface area contributed by atoms with Gasteiger partial charge in [-0.1, -0.05) is 25.1 Å². The van der Waals surface area contributed by atoms with Gasteiger partial charge in [0.05, 0.1) is 35.7 Å². The Kier molecular flexibility index (Phi) is 5.71. The molecule has 3 rings (SSSR count). The zero-order valence-corrected chi connectivity index (χ0v) is 15.4. The molecule has 2 heterocycles. The molecule has 1 fully saturated rings. The lowest BCUT2D eigenvalue weighted by Crippen LogP contribution is -2.43. The number of piperidine rings is 1. The molecule has 0 radical (unpaired) electrons. The van der Waals surface area contributed by atoms with Crippen molar-refractivity contribution < 1.29 is 14.3 Å². The van der Waals surface area contributed by atoms with E-state index in [-0.39, 0.29) is 17.8 Å². The van der Waals surface area contributed by atoms with Crippen LogP contribution in [0.3, 0.4) is 0 Å². The third-order valence-electron chi connectivity index (χ3n) is 4.76. The molecule has 2 aromatic rings. The normalized spacial score (nSPS) is 17.2. The predicted octanol–water partition coefficient (Wildman–Crippen LogP) is 2.85. The summed E-state index contributed by atoms with van der Waals surface area (Å²) in [6.07, 6.45) is 3.92. The third-order valence-corrected chi connectivity index (χ3v) is 4.76. The minimum Gasteiger partial charge on any atom is -0.466 e. The summed E-state index contributed by atoms with van der Waals surface area (Å²) in [5.74, 6) is -0.499. The molecule has 1 aromatic carbocycles. The first kappa shape index (κ1) is 18.2. The lowest BCUT2D eigenvalue weighted by atomic mass is 9.97. The Morgan fingerprint density at radius 1 is 1.23 bits per heavy atom. The maximum Gasteiger partial charge on any atom is 0.310 e. The molecule has 1 atom stereocenters. The van der Waals surface area contributed by atoms with Gasteiger partial charge in [-0.2, -0.15) is 5.10 Å². The first-order chi connectivity index (χ1) is 12.7. The van der Waals surface area contributed by atoms with Crippen molar-refractivity contribution in [3.8, 4) is 5.69 Å². The fourth-order valence-corrected chi connectivity index (χ4v) is 3.47. The molecule has 1 amide bonds. The van der Waals surface area contributed by atoms with Crippen molar-refractivity contribution in [1.82, 2.24) is 14.7 Å². The van der Waals surface area contributed by atoms with Gasteiger partial charge in [0.1, 0.15) is 0 Å². The van der Waals surface area contributed by atoms with Gasteiger partial charge in [0, 0.05) is 13.1 Å². The van der Waals surface area contributed by atoms with E-state index in [2.05, 4.69) is 5.10 Å². The van der Waals surface area contributed by atoms with Gasteiger partial charge in [-0.05, 0) is 38.3 Å². The van der Waals surface area contributed by atoms with E-state index in [0.29, 0.717) is 31.7 Å².